The van der Waals surface area contributed by atoms with Crippen LogP contribution in [0.15, 0.2) is 97.1 Å². The Labute approximate surface area is 236 Å². The lowest BCUT2D eigenvalue weighted by Crippen LogP contribution is -2.41. The van der Waals surface area contributed by atoms with Gasteiger partial charge in [-0.1, -0.05) is 66.7 Å². The second-order valence-corrected chi connectivity index (χ2v) is 10.8. The molecular weight excluding hydrogens is 516 g/mol. The third kappa shape index (κ3) is 3.88. The Morgan fingerprint density at radius 3 is 1.71 bits per heavy atom. The lowest BCUT2D eigenvalue weighted by molar-refractivity contribution is -0.122. The van der Waals surface area contributed by atoms with Gasteiger partial charge in [0.2, 0.25) is 11.8 Å². The van der Waals surface area contributed by atoms with Gasteiger partial charge in [0, 0.05) is 17.5 Å². The first-order valence-corrected chi connectivity index (χ1v) is 13.6. The molecule has 202 valence electrons. The molecule has 1 aliphatic heterocycles. The Morgan fingerprint density at radius 1 is 0.707 bits per heavy atom. The fraction of sp³-hybridized carbons (Fsp3) is 0.176. The molecule has 1 saturated heterocycles. The Hall–Kier alpha value is -5.04. The van der Waals surface area contributed by atoms with Crippen molar-refractivity contribution in [2.75, 3.05) is 16.8 Å². The van der Waals surface area contributed by atoms with Crippen LogP contribution in [0.5, 0.6) is 0 Å². The summed E-state index contributed by atoms with van der Waals surface area (Å²) in [6.45, 7) is 1.43. The van der Waals surface area contributed by atoms with Gasteiger partial charge in [0.25, 0.3) is 5.91 Å². The molecule has 0 aromatic heterocycles. The predicted molar refractivity (Wildman–Crippen MR) is 153 cm³/mol. The summed E-state index contributed by atoms with van der Waals surface area (Å²) in [6.07, 6.45) is 0. The molecule has 0 unspecified atom stereocenters. The zero-order valence-electron chi connectivity index (χ0n) is 22.2. The van der Waals surface area contributed by atoms with Gasteiger partial charge in [-0.15, -0.1) is 0 Å². The summed E-state index contributed by atoms with van der Waals surface area (Å²) in [5.74, 6) is -2.88. The molecule has 3 amide bonds. The summed E-state index contributed by atoms with van der Waals surface area (Å²) >= 11 is 0. The molecule has 4 aromatic carbocycles. The summed E-state index contributed by atoms with van der Waals surface area (Å²) in [6, 6.07) is 29.7. The third-order valence-electron chi connectivity index (χ3n) is 8.56. The highest BCUT2D eigenvalue weighted by molar-refractivity contribution is 6.23. The average Bonchev–Trinajstić information content (AvgIpc) is 3.27. The van der Waals surface area contributed by atoms with Gasteiger partial charge < -0.3 is 10.1 Å². The van der Waals surface area contributed by atoms with Crippen LogP contribution in [0.4, 0.5) is 11.4 Å². The van der Waals surface area contributed by atoms with E-state index in [1.165, 1.54) is 17.0 Å². The number of carbonyl (C=O) groups is 4. The first kappa shape index (κ1) is 25.0. The Balaban J connectivity index is 1.10. The van der Waals surface area contributed by atoms with Crippen molar-refractivity contribution in [2.45, 2.75) is 18.8 Å². The molecule has 0 saturated carbocycles. The molecule has 1 N–H and O–H groups in total. The van der Waals surface area contributed by atoms with Gasteiger partial charge in [0.15, 0.2) is 6.61 Å². The molecule has 0 radical (unpaired) electrons. The number of nitrogens with zero attached hydrogens (tertiary/aromatic N) is 1. The van der Waals surface area contributed by atoms with Crippen LogP contribution < -0.4 is 10.2 Å². The van der Waals surface area contributed by atoms with E-state index in [0.29, 0.717) is 11.4 Å². The minimum Gasteiger partial charge on any atom is -0.452 e. The second-order valence-electron chi connectivity index (χ2n) is 10.8. The van der Waals surface area contributed by atoms with Crippen LogP contribution in [0, 0.1) is 18.8 Å². The van der Waals surface area contributed by atoms with E-state index in [4.69, 9.17) is 4.74 Å². The number of imide groups is 1. The fourth-order valence-corrected chi connectivity index (χ4v) is 6.79. The number of carbonyl (C=O) groups excluding carboxylic acids is 4. The maximum atomic E-state index is 13.9. The lowest BCUT2D eigenvalue weighted by Gasteiger charge is -2.45. The van der Waals surface area contributed by atoms with Gasteiger partial charge in [-0.2, -0.15) is 0 Å². The third-order valence-corrected chi connectivity index (χ3v) is 8.56. The molecule has 0 spiro atoms. The topological polar surface area (TPSA) is 92.8 Å². The normalized spacial score (nSPS) is 21.6. The molecule has 8 rings (SSSR count). The van der Waals surface area contributed by atoms with Crippen LogP contribution in [0.1, 0.15) is 50.0 Å². The zero-order valence-corrected chi connectivity index (χ0v) is 22.2. The molecule has 1 heterocycles. The van der Waals surface area contributed by atoms with Gasteiger partial charge in [0.05, 0.1) is 23.1 Å². The number of aryl methyl sites for hydroxylation is 1. The minimum absolute atomic E-state index is 0.182. The van der Waals surface area contributed by atoms with Crippen LogP contribution in [0.25, 0.3) is 0 Å². The van der Waals surface area contributed by atoms with Crippen molar-refractivity contribution in [3.8, 4) is 0 Å². The summed E-state index contributed by atoms with van der Waals surface area (Å²) in [4.78, 5) is 54.0. The zero-order chi connectivity index (χ0) is 28.2. The molecule has 7 heteroatoms. The summed E-state index contributed by atoms with van der Waals surface area (Å²) < 4.78 is 5.20. The van der Waals surface area contributed by atoms with E-state index in [1.807, 2.05) is 49.4 Å². The van der Waals surface area contributed by atoms with Crippen LogP contribution in [-0.4, -0.2) is 30.3 Å². The smallest absolute Gasteiger partial charge is 0.338 e. The van der Waals surface area contributed by atoms with Crippen LogP contribution in [0.3, 0.4) is 0 Å². The van der Waals surface area contributed by atoms with Crippen molar-refractivity contribution >= 4 is 35.1 Å². The number of rotatable bonds is 5. The number of para-hydroxylation sites is 1. The summed E-state index contributed by atoms with van der Waals surface area (Å²) in [5, 5.41) is 2.72. The number of anilines is 2. The van der Waals surface area contributed by atoms with E-state index in [9.17, 15) is 19.2 Å². The maximum Gasteiger partial charge on any atom is 0.338 e. The van der Waals surface area contributed by atoms with Crippen molar-refractivity contribution in [1.29, 1.82) is 0 Å². The summed E-state index contributed by atoms with van der Waals surface area (Å²) in [7, 11) is 0. The van der Waals surface area contributed by atoms with E-state index in [1.54, 1.807) is 18.2 Å². The van der Waals surface area contributed by atoms with Crippen LogP contribution in [0.2, 0.25) is 0 Å². The molecule has 4 aliphatic rings. The molecule has 2 bridgehead atoms. The average molecular weight is 543 g/mol. The summed E-state index contributed by atoms with van der Waals surface area (Å²) in [5.41, 5.74) is 6.64. The van der Waals surface area contributed by atoms with Gasteiger partial charge in [0.1, 0.15) is 0 Å². The first-order valence-electron chi connectivity index (χ1n) is 13.6. The molecule has 1 fully saturated rings. The predicted octanol–water partition coefficient (Wildman–Crippen LogP) is 5.19. The number of hydrogen-bond donors (Lipinski definition) is 1. The number of esters is 1. The van der Waals surface area contributed by atoms with Crippen LogP contribution in [-0.2, 0) is 19.1 Å². The SMILES string of the molecule is Cc1ccccc1NC(=O)COC(=O)c1ccc(N2C(=O)[C@@H]3C4c5ccccc5C(c5ccccc54)[C@H]3C2=O)cc1. The monoisotopic (exact) mass is 542 g/mol. The molecule has 2 atom stereocenters. The Morgan fingerprint density at radius 2 is 1.20 bits per heavy atom. The van der Waals surface area contributed by atoms with Crippen LogP contribution >= 0.6 is 0 Å². The number of ether oxygens (including phenoxy) is 1. The highest BCUT2D eigenvalue weighted by Crippen LogP contribution is 2.61. The molecular formula is C34H26N2O5. The standard InChI is InChI=1S/C34H26N2O5/c1-19-8-2-7-13-26(19)35-27(37)18-41-34(40)20-14-16-21(17-15-20)36-32(38)30-28-22-9-3-4-10-23(22)29(31(30)33(36)39)25-12-6-5-11-24(25)28/h2-17,28-31H,18H2,1H3,(H,35,37)/t28?,29?,30-,31-/m1/s1. The van der Waals surface area contributed by atoms with E-state index < -0.39 is 30.3 Å². The number of hydrogen-bond acceptors (Lipinski definition) is 5. The quantitative estimate of drug-likeness (QED) is 0.277. The van der Waals surface area contributed by atoms with Crippen molar-refractivity contribution < 1.29 is 23.9 Å². The second kappa shape index (κ2) is 9.55. The molecule has 4 aromatic rings. The van der Waals surface area contributed by atoms with E-state index in [0.717, 1.165) is 27.8 Å². The molecule has 3 aliphatic carbocycles. The van der Waals surface area contributed by atoms with Gasteiger partial charge in [-0.25, -0.2) is 9.69 Å². The Bertz CT molecular complexity index is 1630. The first-order chi connectivity index (χ1) is 19.9. The highest BCUT2D eigenvalue weighted by atomic mass is 16.5. The fourth-order valence-electron chi connectivity index (χ4n) is 6.79. The highest BCUT2D eigenvalue weighted by Gasteiger charge is 2.61. The van der Waals surface area contributed by atoms with Crippen molar-refractivity contribution in [1.82, 2.24) is 0 Å². The molecule has 41 heavy (non-hydrogen) atoms. The van der Waals surface area contributed by atoms with E-state index in [2.05, 4.69) is 29.6 Å². The number of nitrogens with one attached hydrogen (secondary N) is 1. The van der Waals surface area contributed by atoms with Crippen molar-refractivity contribution in [3.63, 3.8) is 0 Å². The van der Waals surface area contributed by atoms with E-state index in [-0.39, 0.29) is 29.2 Å². The van der Waals surface area contributed by atoms with Crippen molar-refractivity contribution in [3.05, 3.63) is 130 Å². The number of amides is 3. The maximum absolute atomic E-state index is 13.9. The molecule has 7 nitrogen and oxygen atoms in total. The van der Waals surface area contributed by atoms with Gasteiger partial charge in [-0.05, 0) is 65.1 Å². The largest absolute Gasteiger partial charge is 0.452 e. The van der Waals surface area contributed by atoms with Crippen molar-refractivity contribution in [2.24, 2.45) is 11.8 Å². The van der Waals surface area contributed by atoms with Gasteiger partial charge in [-0.3, -0.25) is 14.4 Å². The van der Waals surface area contributed by atoms with Gasteiger partial charge >= 0.3 is 5.97 Å². The number of benzene rings is 4. The minimum atomic E-state index is -0.673. The lowest BCUT2D eigenvalue weighted by atomic mass is 9.55. The Kier molecular flexibility index (Phi) is 5.82. The van der Waals surface area contributed by atoms with E-state index >= 15 is 0 Å².